The summed E-state index contributed by atoms with van der Waals surface area (Å²) in [6.07, 6.45) is 0.262. The third-order valence-electron chi connectivity index (χ3n) is 7.20. The maximum absolute atomic E-state index is 12.9. The summed E-state index contributed by atoms with van der Waals surface area (Å²) >= 11 is 1.43. The second kappa shape index (κ2) is 15.6. The number of thioether (sulfide) groups is 1. The van der Waals surface area contributed by atoms with Gasteiger partial charge in [-0.2, -0.15) is 0 Å². The van der Waals surface area contributed by atoms with Gasteiger partial charge in [0.2, 0.25) is 11.8 Å². The van der Waals surface area contributed by atoms with Gasteiger partial charge in [-0.05, 0) is 61.6 Å². The molecule has 8 nitrogen and oxygen atoms in total. The maximum Gasteiger partial charge on any atom is 0.327 e. The van der Waals surface area contributed by atoms with Crippen molar-refractivity contribution in [2.24, 2.45) is 5.73 Å². The zero-order chi connectivity index (χ0) is 33.2. The average molecular weight is 640 g/mol. The molecular weight excluding hydrogens is 598 g/mol. The molecule has 0 heterocycles. The molecule has 0 aromatic heterocycles. The van der Waals surface area contributed by atoms with Crippen molar-refractivity contribution in [2.45, 2.75) is 49.6 Å². The highest BCUT2D eigenvalue weighted by molar-refractivity contribution is 8.00. The number of carboxylic acid groups (broad SMARTS) is 1. The maximum atomic E-state index is 12.9. The predicted molar refractivity (Wildman–Crippen MR) is 183 cm³/mol. The Morgan fingerprint density at radius 1 is 0.783 bits per heavy atom. The Labute approximate surface area is 274 Å². The van der Waals surface area contributed by atoms with Gasteiger partial charge >= 0.3 is 5.97 Å². The van der Waals surface area contributed by atoms with Crippen LogP contribution in [0.1, 0.15) is 43.0 Å². The van der Waals surface area contributed by atoms with Gasteiger partial charge < -0.3 is 26.2 Å². The Morgan fingerprint density at radius 3 is 1.70 bits per heavy atom. The zero-order valence-corrected chi connectivity index (χ0v) is 27.1. The van der Waals surface area contributed by atoms with Crippen LogP contribution in [0.5, 0.6) is 5.75 Å². The quantitative estimate of drug-likeness (QED) is 0.141. The minimum atomic E-state index is -1.22. The normalized spacial score (nSPS) is 12.9. The molecule has 0 unspecified atom stereocenters. The van der Waals surface area contributed by atoms with E-state index < -0.39 is 41.2 Å². The topological polar surface area (TPSA) is 131 Å². The van der Waals surface area contributed by atoms with Crippen LogP contribution in [0.15, 0.2) is 115 Å². The van der Waals surface area contributed by atoms with Crippen molar-refractivity contribution >= 4 is 29.5 Å². The first-order valence-corrected chi connectivity index (χ1v) is 16.1. The average Bonchev–Trinajstić information content (AvgIpc) is 3.05. The first-order valence-electron chi connectivity index (χ1n) is 15.1. The van der Waals surface area contributed by atoms with Gasteiger partial charge in [0.1, 0.15) is 17.4 Å². The van der Waals surface area contributed by atoms with Crippen molar-refractivity contribution in [2.75, 3.05) is 12.3 Å². The fraction of sp³-hybridized carbons (Fsp3) is 0.270. The molecule has 2 atom stereocenters. The lowest BCUT2D eigenvalue weighted by atomic mass is 9.84. The number of amides is 2. The van der Waals surface area contributed by atoms with Crippen LogP contribution in [-0.2, 0) is 25.6 Å². The van der Waals surface area contributed by atoms with Crippen molar-refractivity contribution in [1.29, 1.82) is 0 Å². The van der Waals surface area contributed by atoms with Gasteiger partial charge in [0.05, 0.1) is 17.3 Å². The van der Waals surface area contributed by atoms with Gasteiger partial charge in [-0.1, -0.05) is 103 Å². The van der Waals surface area contributed by atoms with E-state index in [9.17, 15) is 19.5 Å². The van der Waals surface area contributed by atoms with Crippen LogP contribution in [-0.4, -0.2) is 52.9 Å². The van der Waals surface area contributed by atoms with Crippen LogP contribution in [0, 0.1) is 0 Å². The molecule has 0 fully saturated rings. The number of rotatable bonds is 14. The number of carbonyl (C=O) groups excluding carboxylic acids is 2. The third kappa shape index (κ3) is 9.22. The number of ether oxygens (including phenoxy) is 1. The molecular formula is C37H41N3O5S. The van der Waals surface area contributed by atoms with Crippen LogP contribution in [0.3, 0.4) is 0 Å². The fourth-order valence-corrected chi connectivity index (χ4v) is 6.64. The molecule has 0 spiro atoms. The molecule has 46 heavy (non-hydrogen) atoms. The van der Waals surface area contributed by atoms with E-state index in [1.54, 1.807) is 0 Å². The first kappa shape index (κ1) is 34.3. The van der Waals surface area contributed by atoms with Crippen LogP contribution < -0.4 is 21.1 Å². The summed E-state index contributed by atoms with van der Waals surface area (Å²) in [6, 6.07) is 34.9. The summed E-state index contributed by atoms with van der Waals surface area (Å²) in [4.78, 5) is 37.9. The number of carbonyl (C=O) groups is 3. The minimum Gasteiger partial charge on any atom is -0.488 e. The summed E-state index contributed by atoms with van der Waals surface area (Å²) in [5, 5.41) is 15.2. The minimum absolute atomic E-state index is 0.0577. The summed E-state index contributed by atoms with van der Waals surface area (Å²) in [5.41, 5.74) is 9.56. The Kier molecular flexibility index (Phi) is 11.6. The predicted octanol–water partition coefficient (Wildman–Crippen LogP) is 5.14. The summed E-state index contributed by atoms with van der Waals surface area (Å²) < 4.78 is 5.08. The SMILES string of the molecule is CC(C)(C)Oc1ccc(C[C@H](N)C(=O)NCC(=O)N[C@@H](CSC(c2ccccc2)(c2ccccc2)c2ccccc2)C(=O)O)cc1. The van der Waals surface area contributed by atoms with Gasteiger partial charge in [0.25, 0.3) is 0 Å². The summed E-state index contributed by atoms with van der Waals surface area (Å²) in [6.45, 7) is 5.48. The second-order valence-corrected chi connectivity index (χ2v) is 13.2. The second-order valence-electron chi connectivity index (χ2n) is 11.9. The lowest BCUT2D eigenvalue weighted by Gasteiger charge is -2.36. The summed E-state index contributed by atoms with van der Waals surface area (Å²) in [5.74, 6) is -1.54. The number of hydrogen-bond acceptors (Lipinski definition) is 6. The van der Waals surface area contributed by atoms with E-state index in [1.807, 2.05) is 136 Å². The number of carboxylic acids is 1. The molecule has 4 aromatic rings. The molecule has 4 aromatic carbocycles. The largest absolute Gasteiger partial charge is 0.488 e. The van der Waals surface area contributed by atoms with Gasteiger partial charge in [-0.15, -0.1) is 11.8 Å². The van der Waals surface area contributed by atoms with Gasteiger partial charge in [-0.25, -0.2) is 4.79 Å². The molecule has 0 saturated carbocycles. The van der Waals surface area contributed by atoms with E-state index in [0.29, 0.717) is 5.75 Å². The molecule has 0 aliphatic rings. The van der Waals surface area contributed by atoms with E-state index >= 15 is 0 Å². The Bertz CT molecular complexity index is 1480. The molecule has 0 bridgehead atoms. The van der Waals surface area contributed by atoms with Gasteiger partial charge in [0.15, 0.2) is 0 Å². The monoisotopic (exact) mass is 639 g/mol. The third-order valence-corrected chi connectivity index (χ3v) is 8.84. The van der Waals surface area contributed by atoms with Gasteiger partial charge in [0, 0.05) is 5.75 Å². The molecule has 9 heteroatoms. The van der Waals surface area contributed by atoms with E-state index in [0.717, 1.165) is 22.3 Å². The Hall–Kier alpha value is -4.60. The van der Waals surface area contributed by atoms with E-state index in [-0.39, 0.29) is 17.8 Å². The molecule has 0 saturated heterocycles. The fourth-order valence-electron chi connectivity index (χ4n) is 5.09. The van der Waals surface area contributed by atoms with Crippen molar-refractivity contribution < 1.29 is 24.2 Å². The molecule has 0 aliphatic carbocycles. The van der Waals surface area contributed by atoms with Crippen molar-refractivity contribution in [3.05, 3.63) is 138 Å². The van der Waals surface area contributed by atoms with Crippen molar-refractivity contribution in [3.63, 3.8) is 0 Å². The van der Waals surface area contributed by atoms with Crippen molar-refractivity contribution in [1.82, 2.24) is 10.6 Å². The van der Waals surface area contributed by atoms with Crippen LogP contribution in [0.25, 0.3) is 0 Å². The molecule has 5 N–H and O–H groups in total. The lowest BCUT2D eigenvalue weighted by molar-refractivity contribution is -0.141. The highest BCUT2D eigenvalue weighted by Crippen LogP contribution is 2.48. The molecule has 0 aliphatic heterocycles. The number of nitrogens with one attached hydrogen (secondary N) is 2. The Morgan fingerprint density at radius 2 is 1.26 bits per heavy atom. The lowest BCUT2D eigenvalue weighted by Crippen LogP contribution is -2.50. The smallest absolute Gasteiger partial charge is 0.327 e. The van der Waals surface area contributed by atoms with E-state index in [1.165, 1.54) is 11.8 Å². The molecule has 0 radical (unpaired) electrons. The number of benzene rings is 4. The van der Waals surface area contributed by atoms with E-state index in [4.69, 9.17) is 10.5 Å². The Balaban J connectivity index is 1.42. The molecule has 240 valence electrons. The molecule has 2 amide bonds. The van der Waals surface area contributed by atoms with Gasteiger partial charge in [-0.3, -0.25) is 9.59 Å². The highest BCUT2D eigenvalue weighted by atomic mass is 32.2. The highest BCUT2D eigenvalue weighted by Gasteiger charge is 2.38. The number of hydrogen-bond donors (Lipinski definition) is 4. The van der Waals surface area contributed by atoms with E-state index in [2.05, 4.69) is 10.6 Å². The number of nitrogens with two attached hydrogens (primary N) is 1. The standard InChI is InChI=1S/C37H41N3O5S/c1-36(2,3)45-30-21-19-26(20-22-30)23-31(38)34(42)39-24-33(41)40-32(35(43)44)25-46-37(27-13-7-4-8-14-27,28-15-9-5-10-16-28)29-17-11-6-12-18-29/h4-22,31-32H,23-25,38H2,1-3H3,(H,39,42)(H,40,41)(H,43,44)/t31-,32-/m0/s1. The molecule has 4 rings (SSSR count). The van der Waals surface area contributed by atoms with Crippen molar-refractivity contribution in [3.8, 4) is 5.75 Å². The van der Waals surface area contributed by atoms with Crippen LogP contribution in [0.4, 0.5) is 0 Å². The van der Waals surface area contributed by atoms with Crippen LogP contribution in [0.2, 0.25) is 0 Å². The van der Waals surface area contributed by atoms with Crippen LogP contribution >= 0.6 is 11.8 Å². The summed E-state index contributed by atoms with van der Waals surface area (Å²) in [7, 11) is 0. The first-order chi connectivity index (χ1) is 22.0. The zero-order valence-electron chi connectivity index (χ0n) is 26.3. The number of aliphatic carboxylic acids is 1.